The molecule has 0 fully saturated rings. The summed E-state index contributed by atoms with van der Waals surface area (Å²) >= 11 is 5.93. The van der Waals surface area contributed by atoms with Gasteiger partial charge in [0.15, 0.2) is 5.76 Å². The molecule has 0 radical (unpaired) electrons. The average molecular weight is 343 g/mol. The monoisotopic (exact) mass is 342 g/mol. The first kappa shape index (κ1) is 16.6. The Hall–Kier alpha value is -2.26. The number of hydrogen-bond donors (Lipinski definition) is 0. The third kappa shape index (κ3) is 3.80. The molecule has 0 saturated heterocycles. The van der Waals surface area contributed by atoms with Crippen molar-refractivity contribution in [3.63, 3.8) is 0 Å². The first-order valence-corrected chi connectivity index (χ1v) is 8.52. The van der Waals surface area contributed by atoms with Gasteiger partial charge in [-0.1, -0.05) is 43.5 Å². The third-order valence-electron chi connectivity index (χ3n) is 3.82. The summed E-state index contributed by atoms with van der Waals surface area (Å²) in [7, 11) is 0. The van der Waals surface area contributed by atoms with Crippen molar-refractivity contribution in [3.8, 4) is 11.5 Å². The molecular formula is C20H19ClO3. The number of carbonyl (C=O) groups excluding carboxylic acids is 1. The molecule has 0 unspecified atom stereocenters. The number of unbranched alkanes of at least 4 members (excludes halogenated alkanes) is 2. The number of halogens is 1. The molecule has 0 bridgehead atoms. The van der Waals surface area contributed by atoms with Crippen molar-refractivity contribution < 1.29 is 14.3 Å². The maximum absolute atomic E-state index is 12.3. The summed E-state index contributed by atoms with van der Waals surface area (Å²) in [5.41, 5.74) is 1.39. The lowest BCUT2D eigenvalue weighted by molar-refractivity contribution is 0.101. The quantitative estimate of drug-likeness (QED) is 0.511. The van der Waals surface area contributed by atoms with Crippen LogP contribution >= 0.6 is 11.6 Å². The van der Waals surface area contributed by atoms with Gasteiger partial charge < -0.3 is 9.47 Å². The van der Waals surface area contributed by atoms with Crippen LogP contribution < -0.4 is 9.47 Å². The number of ether oxygens (including phenoxy) is 2. The fourth-order valence-corrected chi connectivity index (χ4v) is 2.69. The second-order valence-corrected chi connectivity index (χ2v) is 6.14. The van der Waals surface area contributed by atoms with E-state index < -0.39 is 0 Å². The van der Waals surface area contributed by atoms with Crippen LogP contribution in [0.4, 0.5) is 0 Å². The van der Waals surface area contributed by atoms with Gasteiger partial charge in [-0.05, 0) is 48.4 Å². The molecule has 0 aliphatic carbocycles. The molecule has 0 aromatic heterocycles. The van der Waals surface area contributed by atoms with Crippen LogP contribution in [-0.2, 0) is 0 Å². The number of benzene rings is 2. The Labute approximate surface area is 146 Å². The summed E-state index contributed by atoms with van der Waals surface area (Å²) in [6.07, 6.45) is 5.15. The molecule has 4 heteroatoms. The zero-order valence-corrected chi connectivity index (χ0v) is 14.3. The van der Waals surface area contributed by atoms with Crippen molar-refractivity contribution in [3.05, 3.63) is 64.4 Å². The second-order valence-electron chi connectivity index (χ2n) is 5.70. The van der Waals surface area contributed by atoms with Gasteiger partial charge in [-0.25, -0.2) is 0 Å². The van der Waals surface area contributed by atoms with E-state index in [9.17, 15) is 4.79 Å². The van der Waals surface area contributed by atoms with E-state index in [2.05, 4.69) is 6.92 Å². The highest BCUT2D eigenvalue weighted by Gasteiger charge is 2.27. The van der Waals surface area contributed by atoms with Gasteiger partial charge in [0.2, 0.25) is 5.78 Å². The largest absolute Gasteiger partial charge is 0.494 e. The molecule has 2 aromatic rings. The molecule has 124 valence electrons. The summed E-state index contributed by atoms with van der Waals surface area (Å²) in [5, 5.41) is 0.525. The SMILES string of the molecule is CCCCCOc1ccc(/C=C2\Oc3ccc(Cl)cc3C2=O)cc1. The molecule has 0 spiro atoms. The smallest absolute Gasteiger partial charge is 0.232 e. The van der Waals surface area contributed by atoms with Crippen molar-refractivity contribution >= 4 is 23.5 Å². The Morgan fingerprint density at radius 1 is 1.12 bits per heavy atom. The molecule has 1 heterocycles. The normalized spacial score (nSPS) is 14.6. The molecule has 0 N–H and O–H groups in total. The van der Waals surface area contributed by atoms with E-state index in [1.807, 2.05) is 24.3 Å². The van der Waals surface area contributed by atoms with Crippen molar-refractivity contribution in [1.82, 2.24) is 0 Å². The molecule has 3 rings (SSSR count). The third-order valence-corrected chi connectivity index (χ3v) is 4.06. The Morgan fingerprint density at radius 2 is 1.92 bits per heavy atom. The lowest BCUT2D eigenvalue weighted by atomic mass is 10.1. The van der Waals surface area contributed by atoms with Crippen LogP contribution in [0.2, 0.25) is 5.02 Å². The molecule has 24 heavy (non-hydrogen) atoms. The maximum Gasteiger partial charge on any atom is 0.232 e. The van der Waals surface area contributed by atoms with E-state index in [1.54, 1.807) is 24.3 Å². The van der Waals surface area contributed by atoms with Crippen LogP contribution in [0.15, 0.2) is 48.2 Å². The molecule has 0 atom stereocenters. The van der Waals surface area contributed by atoms with E-state index in [-0.39, 0.29) is 5.78 Å². The summed E-state index contributed by atoms with van der Waals surface area (Å²) in [6, 6.07) is 12.7. The minimum absolute atomic E-state index is 0.146. The van der Waals surface area contributed by atoms with Gasteiger partial charge in [0.05, 0.1) is 12.2 Å². The zero-order chi connectivity index (χ0) is 16.9. The van der Waals surface area contributed by atoms with E-state index >= 15 is 0 Å². The van der Waals surface area contributed by atoms with Gasteiger partial charge in [0.1, 0.15) is 11.5 Å². The molecular weight excluding hydrogens is 324 g/mol. The minimum Gasteiger partial charge on any atom is -0.494 e. The number of ketones is 1. The molecule has 2 aromatic carbocycles. The van der Waals surface area contributed by atoms with Gasteiger partial charge in [-0.15, -0.1) is 0 Å². The van der Waals surface area contributed by atoms with E-state index in [0.29, 0.717) is 22.1 Å². The van der Waals surface area contributed by atoms with Crippen molar-refractivity contribution in [1.29, 1.82) is 0 Å². The Kier molecular flexibility index (Phi) is 5.21. The van der Waals surface area contributed by atoms with Gasteiger partial charge >= 0.3 is 0 Å². The average Bonchev–Trinajstić information content (AvgIpc) is 2.89. The van der Waals surface area contributed by atoms with Crippen LogP contribution in [0.3, 0.4) is 0 Å². The number of carbonyl (C=O) groups is 1. The van der Waals surface area contributed by atoms with Crippen LogP contribution in [0.25, 0.3) is 6.08 Å². The van der Waals surface area contributed by atoms with Crippen molar-refractivity contribution in [2.45, 2.75) is 26.2 Å². The standard InChI is InChI=1S/C20H19ClO3/c1-2-3-4-11-23-16-8-5-14(6-9-16)12-19-20(22)17-13-15(21)7-10-18(17)24-19/h5-10,12-13H,2-4,11H2,1H3/b19-12-. The number of rotatable bonds is 6. The first-order valence-electron chi connectivity index (χ1n) is 8.14. The van der Waals surface area contributed by atoms with Crippen LogP contribution in [0, 0.1) is 0 Å². The van der Waals surface area contributed by atoms with E-state index in [4.69, 9.17) is 21.1 Å². The predicted molar refractivity (Wildman–Crippen MR) is 95.8 cm³/mol. The number of allylic oxidation sites excluding steroid dienone is 1. The van der Waals surface area contributed by atoms with Crippen LogP contribution in [-0.4, -0.2) is 12.4 Å². The number of fused-ring (bicyclic) bond motifs is 1. The lowest BCUT2D eigenvalue weighted by Gasteiger charge is -2.06. The second kappa shape index (κ2) is 7.54. The Bertz CT molecular complexity index is 763. The van der Waals surface area contributed by atoms with Gasteiger partial charge in [-0.2, -0.15) is 0 Å². The van der Waals surface area contributed by atoms with Gasteiger partial charge in [0.25, 0.3) is 0 Å². The number of hydrogen-bond acceptors (Lipinski definition) is 3. The molecule has 1 aliphatic rings. The fraction of sp³-hybridized carbons (Fsp3) is 0.250. The van der Waals surface area contributed by atoms with Gasteiger partial charge in [0, 0.05) is 5.02 Å². The molecule has 1 aliphatic heterocycles. The topological polar surface area (TPSA) is 35.5 Å². The number of Topliss-reactive ketones (excluding diaryl/α,β-unsaturated/α-hetero) is 1. The highest BCUT2D eigenvalue weighted by Crippen LogP contribution is 2.33. The van der Waals surface area contributed by atoms with Gasteiger partial charge in [-0.3, -0.25) is 4.79 Å². The highest BCUT2D eigenvalue weighted by atomic mass is 35.5. The summed E-state index contributed by atoms with van der Waals surface area (Å²) in [4.78, 5) is 12.3. The summed E-state index contributed by atoms with van der Waals surface area (Å²) in [5.74, 6) is 1.55. The summed E-state index contributed by atoms with van der Waals surface area (Å²) in [6.45, 7) is 2.90. The van der Waals surface area contributed by atoms with E-state index in [0.717, 1.165) is 24.3 Å². The highest BCUT2D eigenvalue weighted by molar-refractivity contribution is 6.31. The predicted octanol–water partition coefficient (Wildman–Crippen LogP) is 5.53. The Morgan fingerprint density at radius 3 is 2.67 bits per heavy atom. The van der Waals surface area contributed by atoms with Crippen LogP contribution in [0.5, 0.6) is 11.5 Å². The van der Waals surface area contributed by atoms with Crippen molar-refractivity contribution in [2.24, 2.45) is 0 Å². The van der Waals surface area contributed by atoms with Crippen LogP contribution in [0.1, 0.15) is 42.1 Å². The first-order chi connectivity index (χ1) is 11.7. The molecule has 0 amide bonds. The fourth-order valence-electron chi connectivity index (χ4n) is 2.51. The molecule has 3 nitrogen and oxygen atoms in total. The summed E-state index contributed by atoms with van der Waals surface area (Å²) < 4.78 is 11.3. The van der Waals surface area contributed by atoms with E-state index in [1.165, 1.54) is 12.8 Å². The Balaban J connectivity index is 1.68. The minimum atomic E-state index is -0.146. The lowest BCUT2D eigenvalue weighted by Crippen LogP contribution is -1.98. The molecule has 0 saturated carbocycles. The zero-order valence-electron chi connectivity index (χ0n) is 13.5. The maximum atomic E-state index is 12.3. The van der Waals surface area contributed by atoms with Crippen molar-refractivity contribution in [2.75, 3.05) is 6.61 Å².